The molecule has 0 aromatic carbocycles. The summed E-state index contributed by atoms with van der Waals surface area (Å²) in [5.41, 5.74) is -1.45. The van der Waals surface area contributed by atoms with Crippen LogP contribution in [0.2, 0.25) is 0 Å². The first-order chi connectivity index (χ1) is 19.4. The van der Waals surface area contributed by atoms with Crippen LogP contribution in [-0.4, -0.2) is 101 Å². The van der Waals surface area contributed by atoms with Gasteiger partial charge in [-0.2, -0.15) is 13.2 Å². The van der Waals surface area contributed by atoms with E-state index in [0.717, 1.165) is 12.8 Å². The highest BCUT2D eigenvalue weighted by Gasteiger charge is 2.70. The van der Waals surface area contributed by atoms with Crippen LogP contribution in [0.3, 0.4) is 0 Å². The molecule has 5 amide bonds. The molecule has 4 aliphatic rings. The maximum atomic E-state index is 13.9. The SMILES string of the molecule is CC(C)(C)[C@H](NC(=O)C(F)(F)F)C(=O)N1C[C@H]2[C@@H]([C@H]1C(=O)N[C@@H](C[C@@H]1CCNC1=O)C(O)C(=O)N1CCCC1)C2(C)C. The predicted molar refractivity (Wildman–Crippen MR) is 143 cm³/mol. The van der Waals surface area contributed by atoms with E-state index < -0.39 is 65.4 Å². The zero-order valence-corrected chi connectivity index (χ0v) is 24.7. The van der Waals surface area contributed by atoms with E-state index in [-0.39, 0.29) is 36.1 Å². The number of carbonyl (C=O) groups is 5. The molecule has 0 bridgehead atoms. The number of piperidine rings is 1. The fraction of sp³-hybridized carbons (Fsp3) is 0.821. The third kappa shape index (κ3) is 6.23. The number of fused-ring (bicyclic) bond motifs is 1. The third-order valence-electron chi connectivity index (χ3n) is 9.49. The predicted octanol–water partition coefficient (Wildman–Crippen LogP) is 0.557. The average Bonchev–Trinajstić information content (AvgIpc) is 3.46. The maximum Gasteiger partial charge on any atom is 0.471 e. The lowest BCUT2D eigenvalue weighted by Crippen LogP contribution is -2.62. The van der Waals surface area contributed by atoms with E-state index in [4.69, 9.17) is 0 Å². The van der Waals surface area contributed by atoms with Gasteiger partial charge in [-0.25, -0.2) is 0 Å². The molecule has 14 heteroatoms. The Morgan fingerprint density at radius 2 is 1.69 bits per heavy atom. The molecule has 0 aromatic heterocycles. The standard InChI is InChI=1S/C28H42F3N5O6/c1-26(2,3)20(34-25(42)28(29,30)31)24(41)36-13-15-17(27(15,4)5)18(36)22(39)33-16(12-14-8-9-32-21(14)38)19(37)23(40)35-10-6-7-11-35/h14-20,37H,6-13H2,1-5H3,(H,32,38)(H,33,39)(H,34,42)/t14-,15-,16-,17-,18-,19?,20+/m0/s1. The summed E-state index contributed by atoms with van der Waals surface area (Å²) < 4.78 is 39.4. The molecule has 0 aromatic rings. The van der Waals surface area contributed by atoms with Crippen LogP contribution >= 0.6 is 0 Å². The van der Waals surface area contributed by atoms with Crippen LogP contribution in [-0.2, 0) is 24.0 Å². The number of amides is 5. The monoisotopic (exact) mass is 601 g/mol. The number of aliphatic hydroxyl groups excluding tert-OH is 1. The molecule has 0 spiro atoms. The Balaban J connectivity index is 1.59. The molecule has 1 unspecified atom stereocenters. The Morgan fingerprint density at radius 1 is 1.07 bits per heavy atom. The summed E-state index contributed by atoms with van der Waals surface area (Å²) in [4.78, 5) is 67.7. The van der Waals surface area contributed by atoms with E-state index in [9.17, 15) is 42.3 Å². The molecule has 1 aliphatic carbocycles. The number of alkyl halides is 3. The lowest BCUT2D eigenvalue weighted by molar-refractivity contribution is -0.176. The highest BCUT2D eigenvalue weighted by atomic mass is 19.4. The van der Waals surface area contributed by atoms with Crippen LogP contribution < -0.4 is 16.0 Å². The number of nitrogens with one attached hydrogen (secondary N) is 3. The first-order valence-electron chi connectivity index (χ1n) is 14.6. The Bertz CT molecular complexity index is 1120. The van der Waals surface area contributed by atoms with E-state index in [2.05, 4.69) is 10.6 Å². The van der Waals surface area contributed by atoms with Crippen LogP contribution in [0.5, 0.6) is 0 Å². The summed E-state index contributed by atoms with van der Waals surface area (Å²) >= 11 is 0. The highest BCUT2D eigenvalue weighted by Crippen LogP contribution is 2.65. The quantitative estimate of drug-likeness (QED) is 0.320. The molecule has 3 heterocycles. The van der Waals surface area contributed by atoms with Crippen molar-refractivity contribution in [1.29, 1.82) is 0 Å². The summed E-state index contributed by atoms with van der Waals surface area (Å²) in [6.45, 7) is 9.91. The van der Waals surface area contributed by atoms with E-state index in [1.165, 1.54) is 30.6 Å². The molecule has 4 rings (SSSR count). The van der Waals surface area contributed by atoms with Gasteiger partial charge in [-0.1, -0.05) is 34.6 Å². The van der Waals surface area contributed by atoms with Gasteiger partial charge in [0.1, 0.15) is 12.1 Å². The normalized spacial score (nSPS) is 28.9. The molecule has 4 N–H and O–H groups in total. The summed E-state index contributed by atoms with van der Waals surface area (Å²) in [7, 11) is 0. The topological polar surface area (TPSA) is 148 Å². The summed E-state index contributed by atoms with van der Waals surface area (Å²) in [5.74, 6) is -5.48. The Morgan fingerprint density at radius 3 is 2.21 bits per heavy atom. The zero-order valence-electron chi connectivity index (χ0n) is 24.7. The molecule has 236 valence electrons. The van der Waals surface area contributed by atoms with Crippen molar-refractivity contribution in [2.75, 3.05) is 26.2 Å². The molecule has 3 aliphatic heterocycles. The Hall–Kier alpha value is -2.90. The molecule has 7 atom stereocenters. The lowest BCUT2D eigenvalue weighted by atomic mass is 9.85. The lowest BCUT2D eigenvalue weighted by Gasteiger charge is -2.38. The van der Waals surface area contributed by atoms with Crippen LogP contribution in [0.25, 0.3) is 0 Å². The molecular weight excluding hydrogens is 559 g/mol. The van der Waals surface area contributed by atoms with Gasteiger partial charge in [0.25, 0.3) is 5.91 Å². The second kappa shape index (κ2) is 11.3. The van der Waals surface area contributed by atoms with E-state index >= 15 is 0 Å². The summed E-state index contributed by atoms with van der Waals surface area (Å²) in [6.07, 6.45) is -4.78. The van der Waals surface area contributed by atoms with E-state index in [1.54, 1.807) is 0 Å². The summed E-state index contributed by atoms with van der Waals surface area (Å²) in [5, 5.41) is 18.4. The number of likely N-dealkylation sites (tertiary alicyclic amines) is 2. The molecule has 4 fully saturated rings. The Labute approximate surface area is 243 Å². The van der Waals surface area contributed by atoms with Crippen molar-refractivity contribution in [3.8, 4) is 0 Å². The number of halogens is 3. The van der Waals surface area contributed by atoms with Gasteiger partial charge in [0, 0.05) is 32.1 Å². The van der Waals surface area contributed by atoms with Gasteiger partial charge in [-0.15, -0.1) is 0 Å². The van der Waals surface area contributed by atoms with Crippen LogP contribution in [0.4, 0.5) is 13.2 Å². The number of nitrogens with zero attached hydrogens (tertiary/aromatic N) is 2. The number of hydrogen-bond donors (Lipinski definition) is 4. The fourth-order valence-corrected chi connectivity index (χ4v) is 6.85. The number of rotatable bonds is 8. The molecule has 11 nitrogen and oxygen atoms in total. The smallest absolute Gasteiger partial charge is 0.381 e. The van der Waals surface area contributed by atoms with Crippen molar-refractivity contribution in [2.45, 2.75) is 90.7 Å². The largest absolute Gasteiger partial charge is 0.471 e. The van der Waals surface area contributed by atoms with Crippen LogP contribution in [0, 0.1) is 28.6 Å². The van der Waals surface area contributed by atoms with Crippen molar-refractivity contribution >= 4 is 29.5 Å². The van der Waals surface area contributed by atoms with Crippen molar-refractivity contribution in [2.24, 2.45) is 28.6 Å². The van der Waals surface area contributed by atoms with E-state index in [1.807, 2.05) is 19.2 Å². The van der Waals surface area contributed by atoms with E-state index in [0.29, 0.717) is 26.1 Å². The maximum absolute atomic E-state index is 13.9. The van der Waals surface area contributed by atoms with Gasteiger partial charge in [0.05, 0.1) is 6.04 Å². The van der Waals surface area contributed by atoms with Gasteiger partial charge >= 0.3 is 12.1 Å². The number of aliphatic hydroxyl groups is 1. The molecular formula is C28H42F3N5O6. The van der Waals surface area contributed by atoms with Crippen LogP contribution in [0.15, 0.2) is 0 Å². The van der Waals surface area contributed by atoms with Crippen molar-refractivity contribution in [3.63, 3.8) is 0 Å². The van der Waals surface area contributed by atoms with Gasteiger partial charge in [0.2, 0.25) is 17.7 Å². The van der Waals surface area contributed by atoms with Crippen molar-refractivity contribution < 1.29 is 42.3 Å². The third-order valence-corrected chi connectivity index (χ3v) is 9.49. The molecule has 3 saturated heterocycles. The first-order valence-corrected chi connectivity index (χ1v) is 14.6. The second-order valence-electron chi connectivity index (χ2n) is 13.8. The minimum atomic E-state index is -5.20. The summed E-state index contributed by atoms with van der Waals surface area (Å²) in [6, 6.07) is -3.79. The van der Waals surface area contributed by atoms with Gasteiger partial charge in [-0.3, -0.25) is 24.0 Å². The van der Waals surface area contributed by atoms with Gasteiger partial charge < -0.3 is 30.9 Å². The number of carbonyl (C=O) groups excluding carboxylic acids is 5. The number of hydrogen-bond acceptors (Lipinski definition) is 6. The highest BCUT2D eigenvalue weighted by molar-refractivity contribution is 5.95. The Kier molecular flexibility index (Phi) is 8.62. The van der Waals surface area contributed by atoms with Crippen LogP contribution in [0.1, 0.15) is 60.3 Å². The minimum absolute atomic E-state index is 0.00271. The average molecular weight is 602 g/mol. The van der Waals surface area contributed by atoms with Crippen molar-refractivity contribution in [3.05, 3.63) is 0 Å². The zero-order chi connectivity index (χ0) is 31.4. The van der Waals surface area contributed by atoms with Gasteiger partial charge in [-0.05, 0) is 48.3 Å². The minimum Gasteiger partial charge on any atom is -0.381 e. The van der Waals surface area contributed by atoms with Gasteiger partial charge in [0.15, 0.2) is 6.10 Å². The molecule has 0 radical (unpaired) electrons. The van der Waals surface area contributed by atoms with Crippen molar-refractivity contribution in [1.82, 2.24) is 25.8 Å². The fourth-order valence-electron chi connectivity index (χ4n) is 6.85. The first kappa shape index (κ1) is 32.0. The molecule has 42 heavy (non-hydrogen) atoms. The molecule has 1 saturated carbocycles. The second-order valence-corrected chi connectivity index (χ2v) is 13.8.